The first-order valence-electron chi connectivity index (χ1n) is 28.7. The number of phenolic OH excluding ortho intramolecular Hbond substituents is 1. The zero-order chi connectivity index (χ0) is 62.3. The molecular formula is C58H84N16O11. The lowest BCUT2D eigenvalue weighted by atomic mass is 9.96. The molecule has 27 heteroatoms. The van der Waals surface area contributed by atoms with E-state index in [1.54, 1.807) is 70.2 Å². The fourth-order valence-corrected chi connectivity index (χ4v) is 9.71. The summed E-state index contributed by atoms with van der Waals surface area (Å²) in [5, 5.41) is 39.2. The molecule has 2 aromatic carbocycles. The quantitative estimate of drug-likeness (QED) is 0.0166. The van der Waals surface area contributed by atoms with Crippen LogP contribution in [0.5, 0.6) is 5.75 Å². The highest BCUT2D eigenvalue weighted by Gasteiger charge is 2.41. The van der Waals surface area contributed by atoms with Gasteiger partial charge >= 0.3 is 5.97 Å². The Balaban J connectivity index is 1.38. The van der Waals surface area contributed by atoms with E-state index in [4.69, 9.17) is 17.2 Å². The van der Waals surface area contributed by atoms with Crippen LogP contribution in [-0.4, -0.2) is 162 Å². The van der Waals surface area contributed by atoms with Gasteiger partial charge in [0.05, 0.1) is 18.7 Å². The van der Waals surface area contributed by atoms with Gasteiger partial charge in [-0.1, -0.05) is 90.4 Å². The molecule has 0 spiro atoms. The predicted molar refractivity (Wildman–Crippen MR) is 314 cm³/mol. The normalized spacial score (nSPS) is 16.2. The Kier molecular flexibility index (Phi) is 25.8. The van der Waals surface area contributed by atoms with Crippen molar-refractivity contribution in [2.45, 2.75) is 160 Å². The van der Waals surface area contributed by atoms with Crippen molar-refractivity contribution in [1.29, 1.82) is 0 Å². The molecule has 1 fully saturated rings. The van der Waals surface area contributed by atoms with Gasteiger partial charge in [0.2, 0.25) is 47.3 Å². The van der Waals surface area contributed by atoms with E-state index < -0.39 is 119 Å². The molecule has 1 aliphatic rings. The number of phenols is 1. The van der Waals surface area contributed by atoms with Crippen LogP contribution in [0.3, 0.4) is 0 Å². The van der Waals surface area contributed by atoms with E-state index in [1.165, 1.54) is 42.1 Å². The Labute approximate surface area is 494 Å². The first-order valence-corrected chi connectivity index (χ1v) is 28.7. The van der Waals surface area contributed by atoms with E-state index >= 15 is 0 Å². The number of aliphatic carboxylic acids is 1. The molecular weight excluding hydrogens is 1100 g/mol. The lowest BCUT2D eigenvalue weighted by molar-refractivity contribution is -0.143. The summed E-state index contributed by atoms with van der Waals surface area (Å²) in [7, 11) is 0. The SMILES string of the molecule is CC[C@H](C)[C@H](NC(=O)[C@H](Cc1ccc(O)cc1)NC(=O)[C@@H](NC(=O)[C@@H](N)CCCN=C(N)N)C(C)C)C(=O)N[C@@H](Cc1cnc[nH]1)C(=O)N1CCC[C@H]1C(=O)N[C@H](Cc1ccccc1)C(=O)N[C@@H](Cc1cnc[nH]1)C(=O)N[C@@H](CC(C)C)C(=O)O. The number of H-pyrrole nitrogens is 2. The minimum atomic E-state index is -1.35. The summed E-state index contributed by atoms with van der Waals surface area (Å²) in [5.74, 6) is -8.30. The molecule has 17 N–H and O–H groups in total. The molecule has 0 saturated carbocycles. The first-order chi connectivity index (χ1) is 40.4. The number of aromatic amines is 2. The standard InChI is InChI=1S/C58H84N16O11/c1-7-34(6)48(73-52(79)42(25-36-17-19-39(75)20-18-36)69-54(81)47(33(4)5)72-49(76)40(59)15-11-21-64-58(60)61)55(82)70-44(27-38-29-63-31-66-38)56(83)74-22-12-16-46(74)53(80)68-41(24-35-13-9-8-10-14-35)50(77)67-43(26-37-28-62-30-65-37)51(78)71-45(57(84)85)23-32(2)3/h8-10,13-14,17-20,28-34,40-48,75H,7,11-12,15-16,21-27,59H2,1-6H3,(H,62,65)(H,63,66)(H,67,77)(H,68,80)(H,69,81)(H,70,82)(H,71,78)(H,72,76)(H,73,79)(H,84,85)(H4,60,61,64)/t34-,40-,41+,42-,43-,44-,45-,46-,47-,48-/m0/s1. The Bertz CT molecular complexity index is 2870. The zero-order valence-electron chi connectivity index (χ0n) is 49.0. The number of benzene rings is 2. The predicted octanol–water partition coefficient (Wildman–Crippen LogP) is -0.293. The lowest BCUT2D eigenvalue weighted by Gasteiger charge is -2.32. The van der Waals surface area contributed by atoms with Crippen LogP contribution in [0.1, 0.15) is 103 Å². The number of hydrogen-bond acceptors (Lipinski definition) is 14. The molecule has 0 radical (unpaired) electrons. The number of aromatic hydroxyl groups is 1. The number of carbonyl (C=O) groups excluding carboxylic acids is 8. The van der Waals surface area contributed by atoms with Crippen LogP contribution in [0.4, 0.5) is 0 Å². The van der Waals surface area contributed by atoms with Gasteiger partial charge in [0, 0.05) is 62.6 Å². The Morgan fingerprint density at radius 2 is 1.18 bits per heavy atom. The second kappa shape index (κ2) is 32.8. The number of amides is 8. The number of imidazole rings is 2. The summed E-state index contributed by atoms with van der Waals surface area (Å²) >= 11 is 0. The number of carbonyl (C=O) groups is 9. The van der Waals surface area contributed by atoms with Crippen LogP contribution in [0.25, 0.3) is 0 Å². The highest BCUT2D eigenvalue weighted by atomic mass is 16.4. The van der Waals surface area contributed by atoms with Crippen LogP contribution < -0.4 is 54.4 Å². The van der Waals surface area contributed by atoms with E-state index in [1.807, 2.05) is 13.8 Å². The minimum absolute atomic E-state index is 0.0415. The maximum Gasteiger partial charge on any atom is 0.326 e. The fraction of sp³-hybridized carbons (Fsp3) is 0.517. The number of rotatable bonds is 33. The van der Waals surface area contributed by atoms with Crippen molar-refractivity contribution in [2.24, 2.45) is 39.9 Å². The van der Waals surface area contributed by atoms with Crippen molar-refractivity contribution in [1.82, 2.24) is 62.1 Å². The van der Waals surface area contributed by atoms with Crippen molar-refractivity contribution in [3.63, 3.8) is 0 Å². The Hall–Kier alpha value is -8.88. The number of aliphatic imine (C=N–C) groups is 1. The third-order valence-corrected chi connectivity index (χ3v) is 14.6. The molecule has 1 saturated heterocycles. The number of nitrogens with zero attached hydrogens (tertiary/aromatic N) is 4. The highest BCUT2D eigenvalue weighted by molar-refractivity contribution is 5.98. The molecule has 0 aliphatic carbocycles. The molecule has 3 heterocycles. The van der Waals surface area contributed by atoms with Gasteiger partial charge in [0.25, 0.3) is 0 Å². The summed E-state index contributed by atoms with van der Waals surface area (Å²) in [4.78, 5) is 146. The number of nitrogens with one attached hydrogen (secondary N) is 9. The molecule has 2 aromatic heterocycles. The number of likely N-dealkylation sites (tertiary alicyclic amines) is 1. The van der Waals surface area contributed by atoms with Gasteiger partial charge < -0.3 is 79.5 Å². The zero-order valence-corrected chi connectivity index (χ0v) is 49.0. The average Bonchev–Trinajstić information content (AvgIpc) is 4.49. The number of carboxylic acid groups (broad SMARTS) is 1. The molecule has 0 unspecified atom stereocenters. The fourth-order valence-electron chi connectivity index (χ4n) is 9.71. The molecule has 8 amide bonds. The maximum atomic E-state index is 15.0. The lowest BCUT2D eigenvalue weighted by Crippen LogP contribution is -2.62. The van der Waals surface area contributed by atoms with Gasteiger partial charge in [-0.15, -0.1) is 0 Å². The third kappa shape index (κ3) is 21.1. The summed E-state index contributed by atoms with van der Waals surface area (Å²) in [6.45, 7) is 10.9. The molecule has 85 heavy (non-hydrogen) atoms. The van der Waals surface area contributed by atoms with Crippen LogP contribution in [0.15, 0.2) is 84.6 Å². The third-order valence-electron chi connectivity index (χ3n) is 14.6. The van der Waals surface area contributed by atoms with Crippen molar-refractivity contribution in [3.8, 4) is 5.75 Å². The Morgan fingerprint density at radius 1 is 0.659 bits per heavy atom. The maximum absolute atomic E-state index is 15.0. The monoisotopic (exact) mass is 1180 g/mol. The van der Waals surface area contributed by atoms with Gasteiger partial charge in [-0.3, -0.25) is 43.3 Å². The van der Waals surface area contributed by atoms with Crippen LogP contribution in [-0.2, 0) is 68.8 Å². The van der Waals surface area contributed by atoms with Crippen LogP contribution >= 0.6 is 0 Å². The summed E-state index contributed by atoms with van der Waals surface area (Å²) in [6.07, 6.45) is 6.94. The van der Waals surface area contributed by atoms with Gasteiger partial charge in [0.1, 0.15) is 54.1 Å². The molecule has 5 rings (SSSR count). The summed E-state index contributed by atoms with van der Waals surface area (Å²) in [5.41, 5.74) is 19.1. The molecule has 4 aromatic rings. The number of nitrogens with two attached hydrogens (primary N) is 3. The van der Waals surface area contributed by atoms with Gasteiger partial charge in [0.15, 0.2) is 5.96 Å². The van der Waals surface area contributed by atoms with Crippen molar-refractivity contribution >= 4 is 59.2 Å². The van der Waals surface area contributed by atoms with E-state index in [2.05, 4.69) is 62.1 Å². The van der Waals surface area contributed by atoms with Crippen molar-refractivity contribution in [3.05, 3.63) is 102 Å². The Morgan fingerprint density at radius 3 is 1.73 bits per heavy atom. The summed E-state index contributed by atoms with van der Waals surface area (Å²) < 4.78 is 0. The van der Waals surface area contributed by atoms with Crippen LogP contribution in [0, 0.1) is 17.8 Å². The summed E-state index contributed by atoms with van der Waals surface area (Å²) in [6, 6.07) is 3.56. The van der Waals surface area contributed by atoms with Crippen molar-refractivity contribution < 1.29 is 53.4 Å². The van der Waals surface area contributed by atoms with E-state index in [9.17, 15) is 53.4 Å². The molecule has 462 valence electrons. The second-order valence-corrected chi connectivity index (χ2v) is 22.2. The second-order valence-electron chi connectivity index (χ2n) is 22.2. The van der Waals surface area contributed by atoms with E-state index in [0.717, 1.165) is 0 Å². The number of hydrogen-bond donors (Lipinski definition) is 14. The molecule has 27 nitrogen and oxygen atoms in total. The van der Waals surface area contributed by atoms with Gasteiger partial charge in [-0.05, 0) is 73.1 Å². The first kappa shape index (κ1) is 66.9. The van der Waals surface area contributed by atoms with Crippen molar-refractivity contribution in [2.75, 3.05) is 13.1 Å². The average molecular weight is 1180 g/mol. The topological polar surface area (TPSA) is 429 Å². The van der Waals surface area contributed by atoms with Gasteiger partial charge in [-0.2, -0.15) is 0 Å². The van der Waals surface area contributed by atoms with Crippen LogP contribution in [0.2, 0.25) is 0 Å². The van der Waals surface area contributed by atoms with Gasteiger partial charge in [-0.25, -0.2) is 14.8 Å². The smallest absolute Gasteiger partial charge is 0.326 e. The highest BCUT2D eigenvalue weighted by Crippen LogP contribution is 2.22. The minimum Gasteiger partial charge on any atom is -0.508 e. The van der Waals surface area contributed by atoms with E-state index in [-0.39, 0.29) is 75.7 Å². The molecule has 10 atom stereocenters. The van der Waals surface area contributed by atoms with E-state index in [0.29, 0.717) is 41.8 Å². The molecule has 0 bridgehead atoms. The largest absolute Gasteiger partial charge is 0.508 e. The number of aromatic nitrogens is 4. The number of guanidine groups is 1. The molecule has 1 aliphatic heterocycles. The number of carboxylic acids is 1.